The molecule has 9 heteroatoms. The zero-order chi connectivity index (χ0) is 17.0. The van der Waals surface area contributed by atoms with Crippen LogP contribution in [0.25, 0.3) is 0 Å². The summed E-state index contributed by atoms with van der Waals surface area (Å²) in [5, 5.41) is 0. The van der Waals surface area contributed by atoms with Crippen molar-refractivity contribution in [3.05, 3.63) is 21.3 Å². The van der Waals surface area contributed by atoms with Crippen molar-refractivity contribution >= 4 is 44.7 Å². The first-order valence-corrected chi connectivity index (χ1v) is 10.3. The second kappa shape index (κ2) is 7.74. The Kier molecular flexibility index (Phi) is 6.19. The Labute approximate surface area is 145 Å². The Morgan fingerprint density at radius 1 is 1.17 bits per heavy atom. The maximum atomic E-state index is 12.2. The van der Waals surface area contributed by atoms with Crippen LogP contribution in [0.5, 0.6) is 0 Å². The summed E-state index contributed by atoms with van der Waals surface area (Å²) in [7, 11) is -3.23. The van der Waals surface area contributed by atoms with Gasteiger partial charge in [-0.25, -0.2) is 12.7 Å². The van der Waals surface area contributed by atoms with Gasteiger partial charge in [0.25, 0.3) is 0 Å². The maximum Gasteiger partial charge on any atom is 0.223 e. The minimum Gasteiger partial charge on any atom is -0.341 e. The summed E-state index contributed by atoms with van der Waals surface area (Å²) < 4.78 is 25.1. The number of sulfonamides is 1. The molecule has 1 aliphatic rings. The smallest absolute Gasteiger partial charge is 0.223 e. The first-order chi connectivity index (χ1) is 10.8. The molecule has 1 fully saturated rings. The molecular weight excluding hydrogens is 360 g/mol. The Balaban J connectivity index is 1.85. The molecule has 0 aliphatic carbocycles. The number of carbonyl (C=O) groups is 2. The van der Waals surface area contributed by atoms with Crippen LogP contribution >= 0.6 is 22.9 Å². The van der Waals surface area contributed by atoms with Crippen molar-refractivity contribution in [1.29, 1.82) is 0 Å². The lowest BCUT2D eigenvalue weighted by Gasteiger charge is -2.20. The van der Waals surface area contributed by atoms with E-state index in [0.29, 0.717) is 41.8 Å². The standard InChI is InChI=1S/C14H19ClN2O4S2/c1-23(20,21)17-8-2-7-16(9-10-17)14(19)6-3-11(18)12-4-5-13(15)22-12/h4-5H,2-3,6-10H2,1H3. The van der Waals surface area contributed by atoms with Gasteiger partial charge < -0.3 is 4.90 Å². The average molecular weight is 379 g/mol. The Bertz CT molecular complexity index is 687. The molecule has 0 bridgehead atoms. The molecule has 0 N–H and O–H groups in total. The molecule has 0 radical (unpaired) electrons. The molecule has 1 saturated heterocycles. The molecule has 1 amide bonds. The molecule has 0 atom stereocenters. The predicted molar refractivity (Wildman–Crippen MR) is 90.5 cm³/mol. The van der Waals surface area contributed by atoms with Crippen LogP contribution in [-0.2, 0) is 14.8 Å². The number of hydrogen-bond acceptors (Lipinski definition) is 5. The molecule has 0 saturated carbocycles. The van der Waals surface area contributed by atoms with Crippen molar-refractivity contribution < 1.29 is 18.0 Å². The van der Waals surface area contributed by atoms with Crippen molar-refractivity contribution in [3.63, 3.8) is 0 Å². The van der Waals surface area contributed by atoms with Gasteiger partial charge in [0.1, 0.15) is 0 Å². The number of ketones is 1. The molecule has 1 aromatic heterocycles. The van der Waals surface area contributed by atoms with Crippen LogP contribution in [0.3, 0.4) is 0 Å². The summed E-state index contributed by atoms with van der Waals surface area (Å²) in [6.07, 6.45) is 2.05. The molecule has 128 valence electrons. The zero-order valence-corrected chi connectivity index (χ0v) is 15.2. The molecule has 0 spiro atoms. The highest BCUT2D eigenvalue weighted by atomic mass is 35.5. The molecule has 6 nitrogen and oxygen atoms in total. The van der Waals surface area contributed by atoms with Gasteiger partial charge in [0.2, 0.25) is 15.9 Å². The molecule has 2 heterocycles. The lowest BCUT2D eigenvalue weighted by molar-refractivity contribution is -0.131. The lowest BCUT2D eigenvalue weighted by atomic mass is 10.2. The van der Waals surface area contributed by atoms with Crippen LogP contribution in [0.4, 0.5) is 0 Å². The Hall–Kier alpha value is -0.960. The lowest BCUT2D eigenvalue weighted by Crippen LogP contribution is -2.37. The highest BCUT2D eigenvalue weighted by Gasteiger charge is 2.24. The number of thiophene rings is 1. The van der Waals surface area contributed by atoms with E-state index in [1.165, 1.54) is 21.9 Å². The average Bonchev–Trinajstić information content (AvgIpc) is 2.75. The van der Waals surface area contributed by atoms with Crippen LogP contribution < -0.4 is 0 Å². The van der Waals surface area contributed by atoms with Gasteiger partial charge in [0.15, 0.2) is 5.78 Å². The van der Waals surface area contributed by atoms with Crippen LogP contribution in [0, 0.1) is 0 Å². The van der Waals surface area contributed by atoms with Crippen molar-refractivity contribution in [1.82, 2.24) is 9.21 Å². The number of nitrogens with zero attached hydrogens (tertiary/aromatic N) is 2. The molecule has 2 rings (SSSR count). The third-order valence-corrected chi connectivity index (χ3v) is 6.27. The maximum absolute atomic E-state index is 12.2. The third kappa shape index (κ3) is 5.27. The summed E-state index contributed by atoms with van der Waals surface area (Å²) in [6, 6.07) is 3.32. The molecule has 0 aromatic carbocycles. The van der Waals surface area contributed by atoms with E-state index in [1.807, 2.05) is 0 Å². The molecule has 1 aromatic rings. The summed E-state index contributed by atoms with van der Waals surface area (Å²) in [4.78, 5) is 26.4. The van der Waals surface area contributed by atoms with Gasteiger partial charge in [-0.15, -0.1) is 11.3 Å². The SMILES string of the molecule is CS(=O)(=O)N1CCCN(C(=O)CCC(=O)c2ccc(Cl)s2)CC1. The predicted octanol–water partition coefficient (Wildman–Crippen LogP) is 1.86. The summed E-state index contributed by atoms with van der Waals surface area (Å²) in [5.74, 6) is -0.209. The highest BCUT2D eigenvalue weighted by Crippen LogP contribution is 2.23. The van der Waals surface area contributed by atoms with E-state index in [4.69, 9.17) is 11.6 Å². The highest BCUT2D eigenvalue weighted by molar-refractivity contribution is 7.88. The Morgan fingerprint density at radius 2 is 1.91 bits per heavy atom. The van der Waals surface area contributed by atoms with Gasteiger partial charge in [-0.3, -0.25) is 9.59 Å². The Morgan fingerprint density at radius 3 is 2.52 bits per heavy atom. The first-order valence-electron chi connectivity index (χ1n) is 7.29. The normalized spacial score (nSPS) is 17.0. The van der Waals surface area contributed by atoms with E-state index in [9.17, 15) is 18.0 Å². The fourth-order valence-electron chi connectivity index (χ4n) is 2.44. The van der Waals surface area contributed by atoms with Gasteiger partial charge in [-0.05, 0) is 18.6 Å². The van der Waals surface area contributed by atoms with Gasteiger partial charge in [-0.2, -0.15) is 0 Å². The second-order valence-electron chi connectivity index (χ2n) is 5.42. The number of amides is 1. The van der Waals surface area contributed by atoms with Crippen molar-refractivity contribution in [2.45, 2.75) is 19.3 Å². The number of hydrogen-bond donors (Lipinski definition) is 0. The monoisotopic (exact) mass is 378 g/mol. The van der Waals surface area contributed by atoms with E-state index >= 15 is 0 Å². The molecular formula is C14H19ClN2O4S2. The van der Waals surface area contributed by atoms with Gasteiger partial charge >= 0.3 is 0 Å². The molecule has 23 heavy (non-hydrogen) atoms. The number of Topliss-reactive ketones (excluding diaryl/α,β-unsaturated/α-hetero) is 1. The third-order valence-electron chi connectivity index (χ3n) is 3.69. The topological polar surface area (TPSA) is 74.8 Å². The fourth-order valence-corrected chi connectivity index (χ4v) is 4.33. The van der Waals surface area contributed by atoms with Crippen LogP contribution in [0.2, 0.25) is 4.34 Å². The summed E-state index contributed by atoms with van der Waals surface area (Å²) >= 11 is 7.00. The zero-order valence-electron chi connectivity index (χ0n) is 12.8. The van der Waals surface area contributed by atoms with E-state index < -0.39 is 10.0 Å². The summed E-state index contributed by atoms with van der Waals surface area (Å²) in [6.45, 7) is 1.61. The van der Waals surface area contributed by atoms with Crippen LogP contribution in [0.15, 0.2) is 12.1 Å². The van der Waals surface area contributed by atoms with E-state index in [2.05, 4.69) is 0 Å². The van der Waals surface area contributed by atoms with Gasteiger partial charge in [0.05, 0.1) is 15.5 Å². The van der Waals surface area contributed by atoms with E-state index in [-0.39, 0.29) is 24.5 Å². The van der Waals surface area contributed by atoms with Crippen molar-refractivity contribution in [2.24, 2.45) is 0 Å². The van der Waals surface area contributed by atoms with Crippen LogP contribution in [0.1, 0.15) is 28.9 Å². The quantitative estimate of drug-likeness (QED) is 0.733. The number of carbonyl (C=O) groups excluding carboxylic acids is 2. The second-order valence-corrected chi connectivity index (χ2v) is 9.12. The molecule has 0 unspecified atom stereocenters. The first kappa shape index (κ1) is 18.4. The van der Waals surface area contributed by atoms with Gasteiger partial charge in [0, 0.05) is 39.0 Å². The van der Waals surface area contributed by atoms with Gasteiger partial charge in [-0.1, -0.05) is 11.6 Å². The fraction of sp³-hybridized carbons (Fsp3) is 0.571. The molecule has 1 aliphatic heterocycles. The largest absolute Gasteiger partial charge is 0.341 e. The summed E-state index contributed by atoms with van der Waals surface area (Å²) in [5.41, 5.74) is 0. The van der Waals surface area contributed by atoms with Crippen LogP contribution in [-0.4, -0.2) is 61.7 Å². The van der Waals surface area contributed by atoms with E-state index in [0.717, 1.165) is 0 Å². The number of rotatable bonds is 5. The minimum absolute atomic E-state index is 0.0946. The van der Waals surface area contributed by atoms with Crippen molar-refractivity contribution in [3.8, 4) is 0 Å². The van der Waals surface area contributed by atoms with Crippen molar-refractivity contribution in [2.75, 3.05) is 32.4 Å². The van der Waals surface area contributed by atoms with E-state index in [1.54, 1.807) is 17.0 Å². The minimum atomic E-state index is -3.23. The number of halogens is 1.